The van der Waals surface area contributed by atoms with Crippen LogP contribution in [0.1, 0.15) is 23.2 Å². The zero-order valence-corrected chi connectivity index (χ0v) is 12.6. The van der Waals surface area contributed by atoms with Crippen molar-refractivity contribution >= 4 is 23.2 Å². The molecule has 1 aromatic carbocycles. The molecule has 2 rings (SSSR count). The lowest BCUT2D eigenvalue weighted by molar-refractivity contribution is -0.385. The van der Waals surface area contributed by atoms with Crippen LogP contribution in [0, 0.1) is 16.0 Å². The number of nitro groups is 1. The number of likely N-dealkylation sites (tertiary alicyclic amines) is 1. The lowest BCUT2D eigenvalue weighted by Crippen LogP contribution is -2.37. The Balaban J connectivity index is 2.00. The van der Waals surface area contributed by atoms with E-state index < -0.39 is 10.8 Å². The molecule has 1 N–H and O–H groups in total. The Morgan fingerprint density at radius 1 is 1.48 bits per heavy atom. The van der Waals surface area contributed by atoms with Crippen molar-refractivity contribution in [1.29, 1.82) is 0 Å². The minimum Gasteiger partial charge on any atom is -0.352 e. The Bertz CT molecular complexity index is 542. The van der Waals surface area contributed by atoms with Crippen LogP contribution in [0.3, 0.4) is 0 Å². The highest BCUT2D eigenvalue weighted by Gasteiger charge is 2.22. The first-order chi connectivity index (χ1) is 9.97. The van der Waals surface area contributed by atoms with E-state index >= 15 is 0 Å². The van der Waals surface area contributed by atoms with E-state index in [1.54, 1.807) is 0 Å². The summed E-state index contributed by atoms with van der Waals surface area (Å²) in [6.45, 7) is 2.56. The van der Waals surface area contributed by atoms with Crippen molar-refractivity contribution in [2.24, 2.45) is 5.92 Å². The van der Waals surface area contributed by atoms with Crippen LogP contribution in [0.25, 0.3) is 0 Å². The highest BCUT2D eigenvalue weighted by molar-refractivity contribution is 6.31. The van der Waals surface area contributed by atoms with Crippen molar-refractivity contribution < 1.29 is 9.72 Å². The van der Waals surface area contributed by atoms with Crippen LogP contribution in [-0.2, 0) is 0 Å². The molecule has 0 aromatic heterocycles. The van der Waals surface area contributed by atoms with Crippen molar-refractivity contribution in [3.63, 3.8) is 0 Å². The Hall–Kier alpha value is -1.66. The molecule has 1 aliphatic heterocycles. The Kier molecular flexibility index (Phi) is 5.14. The fraction of sp³-hybridized carbons (Fsp3) is 0.500. The maximum atomic E-state index is 12.1. The van der Waals surface area contributed by atoms with Crippen LogP contribution < -0.4 is 5.32 Å². The molecule has 1 amide bonds. The van der Waals surface area contributed by atoms with Crippen molar-refractivity contribution in [3.05, 3.63) is 38.9 Å². The van der Waals surface area contributed by atoms with E-state index in [1.165, 1.54) is 18.2 Å². The first kappa shape index (κ1) is 15.7. The molecular formula is C14H18ClN3O3. The molecule has 114 valence electrons. The SMILES string of the molecule is CN1CCC(CNC(=O)c2cc(Cl)ccc2[N+](=O)[O-])CC1. The average Bonchev–Trinajstić information content (AvgIpc) is 2.46. The molecule has 6 nitrogen and oxygen atoms in total. The second kappa shape index (κ2) is 6.87. The lowest BCUT2D eigenvalue weighted by atomic mass is 9.97. The number of hydrogen-bond donors (Lipinski definition) is 1. The summed E-state index contributed by atoms with van der Waals surface area (Å²) in [6, 6.07) is 4.00. The molecule has 0 unspecified atom stereocenters. The molecule has 0 radical (unpaired) electrons. The molecule has 21 heavy (non-hydrogen) atoms. The van der Waals surface area contributed by atoms with Gasteiger partial charge in [0.1, 0.15) is 5.56 Å². The van der Waals surface area contributed by atoms with Gasteiger partial charge in [0.15, 0.2) is 0 Å². The number of nitrogens with zero attached hydrogens (tertiary/aromatic N) is 2. The van der Waals surface area contributed by atoms with E-state index in [2.05, 4.69) is 17.3 Å². The molecule has 7 heteroatoms. The van der Waals surface area contributed by atoms with Crippen LogP contribution >= 0.6 is 11.6 Å². The summed E-state index contributed by atoms with van der Waals surface area (Å²) >= 11 is 5.82. The second-order valence-electron chi connectivity index (χ2n) is 5.38. The fourth-order valence-corrected chi connectivity index (χ4v) is 2.62. The van der Waals surface area contributed by atoms with Gasteiger partial charge in [0.2, 0.25) is 0 Å². The highest BCUT2D eigenvalue weighted by atomic mass is 35.5. The number of piperidine rings is 1. The van der Waals surface area contributed by atoms with Crippen LogP contribution in [0.4, 0.5) is 5.69 Å². The first-order valence-corrected chi connectivity index (χ1v) is 7.26. The molecule has 1 aromatic rings. The number of nitrogens with one attached hydrogen (secondary N) is 1. The average molecular weight is 312 g/mol. The first-order valence-electron chi connectivity index (χ1n) is 6.88. The maximum absolute atomic E-state index is 12.1. The molecule has 1 heterocycles. The Morgan fingerprint density at radius 3 is 2.76 bits per heavy atom. The largest absolute Gasteiger partial charge is 0.352 e. The van der Waals surface area contributed by atoms with E-state index in [9.17, 15) is 14.9 Å². The molecule has 1 aliphatic rings. The fourth-order valence-electron chi connectivity index (χ4n) is 2.45. The van der Waals surface area contributed by atoms with Crippen molar-refractivity contribution in [2.75, 3.05) is 26.7 Å². The van der Waals surface area contributed by atoms with Gasteiger partial charge in [-0.25, -0.2) is 0 Å². The standard InChI is InChI=1S/C14H18ClN3O3/c1-17-6-4-10(5-7-17)9-16-14(19)12-8-11(15)2-3-13(12)18(20)21/h2-3,8,10H,4-7,9H2,1H3,(H,16,19). The Labute approximate surface area is 128 Å². The maximum Gasteiger partial charge on any atom is 0.282 e. The van der Waals surface area contributed by atoms with Gasteiger partial charge in [-0.2, -0.15) is 0 Å². The van der Waals surface area contributed by atoms with E-state index in [-0.39, 0.29) is 11.3 Å². The molecule has 0 saturated carbocycles. The normalized spacial score (nSPS) is 16.7. The molecule has 1 saturated heterocycles. The number of amides is 1. The second-order valence-corrected chi connectivity index (χ2v) is 5.81. The lowest BCUT2D eigenvalue weighted by Gasteiger charge is -2.28. The van der Waals surface area contributed by atoms with Gasteiger partial charge >= 0.3 is 0 Å². The number of carbonyl (C=O) groups excluding carboxylic acids is 1. The van der Waals surface area contributed by atoms with Crippen LogP contribution in [0.15, 0.2) is 18.2 Å². The molecule has 0 atom stereocenters. The zero-order chi connectivity index (χ0) is 15.4. The highest BCUT2D eigenvalue weighted by Crippen LogP contribution is 2.23. The van der Waals surface area contributed by atoms with Gasteiger partial charge < -0.3 is 10.2 Å². The predicted octanol–water partition coefficient (Wildman–Crippen LogP) is 2.32. The molecule has 1 fully saturated rings. The third-order valence-corrected chi connectivity index (χ3v) is 4.02. The minimum atomic E-state index is -0.569. The van der Waals surface area contributed by atoms with Gasteiger partial charge in [-0.3, -0.25) is 14.9 Å². The van der Waals surface area contributed by atoms with Gasteiger partial charge in [0, 0.05) is 17.6 Å². The third kappa shape index (κ3) is 4.15. The van der Waals surface area contributed by atoms with Gasteiger partial charge in [-0.05, 0) is 51.0 Å². The number of benzene rings is 1. The van der Waals surface area contributed by atoms with Gasteiger partial charge in [0.25, 0.3) is 11.6 Å². The third-order valence-electron chi connectivity index (χ3n) is 3.79. The van der Waals surface area contributed by atoms with E-state index in [1.807, 2.05) is 0 Å². The summed E-state index contributed by atoms with van der Waals surface area (Å²) in [5.41, 5.74) is -0.208. The summed E-state index contributed by atoms with van der Waals surface area (Å²) in [6.07, 6.45) is 2.04. The summed E-state index contributed by atoms with van der Waals surface area (Å²) in [7, 11) is 2.07. The Morgan fingerprint density at radius 2 is 2.14 bits per heavy atom. The summed E-state index contributed by atoms with van der Waals surface area (Å²) in [5, 5.41) is 14.1. The van der Waals surface area contributed by atoms with Crippen molar-refractivity contribution in [3.8, 4) is 0 Å². The summed E-state index contributed by atoms with van der Waals surface area (Å²) in [5.74, 6) is -0.0217. The number of halogens is 1. The minimum absolute atomic E-state index is 0.0143. The van der Waals surface area contributed by atoms with Crippen LogP contribution in [-0.4, -0.2) is 42.4 Å². The van der Waals surface area contributed by atoms with E-state index in [0.29, 0.717) is 17.5 Å². The topological polar surface area (TPSA) is 75.5 Å². The van der Waals surface area contributed by atoms with Crippen LogP contribution in [0.2, 0.25) is 5.02 Å². The predicted molar refractivity (Wildman–Crippen MR) is 80.7 cm³/mol. The van der Waals surface area contributed by atoms with E-state index in [0.717, 1.165) is 25.9 Å². The number of hydrogen-bond acceptors (Lipinski definition) is 4. The summed E-state index contributed by atoms with van der Waals surface area (Å²) < 4.78 is 0. The van der Waals surface area contributed by atoms with Gasteiger partial charge in [0.05, 0.1) is 4.92 Å². The zero-order valence-electron chi connectivity index (χ0n) is 11.8. The number of nitro benzene ring substituents is 1. The molecular weight excluding hydrogens is 294 g/mol. The van der Waals surface area contributed by atoms with Gasteiger partial charge in [-0.1, -0.05) is 11.6 Å². The number of carbonyl (C=O) groups is 1. The summed E-state index contributed by atoms with van der Waals surface area (Å²) in [4.78, 5) is 24.8. The van der Waals surface area contributed by atoms with Crippen LogP contribution in [0.5, 0.6) is 0 Å². The number of rotatable bonds is 4. The van der Waals surface area contributed by atoms with Crippen molar-refractivity contribution in [2.45, 2.75) is 12.8 Å². The van der Waals surface area contributed by atoms with Crippen molar-refractivity contribution in [1.82, 2.24) is 10.2 Å². The monoisotopic (exact) mass is 311 g/mol. The molecule has 0 spiro atoms. The molecule has 0 aliphatic carbocycles. The van der Waals surface area contributed by atoms with E-state index in [4.69, 9.17) is 11.6 Å². The quantitative estimate of drug-likeness (QED) is 0.684. The van der Waals surface area contributed by atoms with Gasteiger partial charge in [-0.15, -0.1) is 0 Å². The molecule has 0 bridgehead atoms. The smallest absolute Gasteiger partial charge is 0.282 e.